The Morgan fingerprint density at radius 3 is 2.57 bits per heavy atom. The Kier molecular flexibility index (Phi) is 6.33. The van der Waals surface area contributed by atoms with E-state index in [2.05, 4.69) is 22.4 Å². The van der Waals surface area contributed by atoms with E-state index in [1.54, 1.807) is 6.92 Å². The van der Waals surface area contributed by atoms with Crippen LogP contribution in [-0.2, 0) is 11.3 Å². The smallest absolute Gasteiger partial charge is 0.219 e. The van der Waals surface area contributed by atoms with Crippen molar-refractivity contribution in [3.8, 4) is 5.75 Å². The highest BCUT2D eigenvalue weighted by Crippen LogP contribution is 2.37. The molecule has 2 unspecified atom stereocenters. The molecule has 0 bridgehead atoms. The van der Waals surface area contributed by atoms with Crippen LogP contribution in [0.3, 0.4) is 0 Å². The maximum Gasteiger partial charge on any atom is 0.219 e. The van der Waals surface area contributed by atoms with Gasteiger partial charge in [0.05, 0.1) is 6.61 Å². The predicted molar refractivity (Wildman–Crippen MR) is 113 cm³/mol. The Morgan fingerprint density at radius 1 is 1.11 bits per heavy atom. The lowest BCUT2D eigenvalue weighted by Gasteiger charge is -2.36. The van der Waals surface area contributed by atoms with E-state index in [9.17, 15) is 4.79 Å². The number of likely N-dealkylation sites (tertiary alicyclic amines) is 2. The fourth-order valence-corrected chi connectivity index (χ4v) is 5.56. The first-order chi connectivity index (χ1) is 13.7. The topological polar surface area (TPSA) is 32.8 Å². The zero-order chi connectivity index (χ0) is 19.3. The normalized spacial score (nSPS) is 23.8. The van der Waals surface area contributed by atoms with Gasteiger partial charge in [-0.25, -0.2) is 0 Å². The molecule has 2 fully saturated rings. The SMILES string of the molecule is CC(=O)N1CCC(C2CN(Cc3cccs3)CC2COc2ccccc2)CC1. The zero-order valence-electron chi connectivity index (χ0n) is 16.6. The molecule has 0 radical (unpaired) electrons. The number of hydrogen-bond acceptors (Lipinski definition) is 4. The van der Waals surface area contributed by atoms with Gasteiger partial charge in [0.15, 0.2) is 0 Å². The molecule has 0 saturated carbocycles. The quantitative estimate of drug-likeness (QED) is 0.733. The molecule has 2 aliphatic heterocycles. The molecule has 0 N–H and O–H groups in total. The van der Waals surface area contributed by atoms with Gasteiger partial charge < -0.3 is 9.64 Å². The molecular formula is C23H30N2O2S. The molecule has 2 aliphatic rings. The van der Waals surface area contributed by atoms with E-state index in [4.69, 9.17) is 4.74 Å². The number of benzene rings is 1. The predicted octanol–water partition coefficient (Wildman–Crippen LogP) is 4.13. The van der Waals surface area contributed by atoms with Crippen molar-refractivity contribution in [2.75, 3.05) is 32.8 Å². The van der Waals surface area contributed by atoms with Crippen molar-refractivity contribution in [3.05, 3.63) is 52.7 Å². The summed E-state index contributed by atoms with van der Waals surface area (Å²) >= 11 is 1.84. The van der Waals surface area contributed by atoms with Crippen LogP contribution >= 0.6 is 11.3 Å². The summed E-state index contributed by atoms with van der Waals surface area (Å²) in [7, 11) is 0. The van der Waals surface area contributed by atoms with E-state index < -0.39 is 0 Å². The molecule has 2 atom stereocenters. The van der Waals surface area contributed by atoms with Gasteiger partial charge in [0, 0.05) is 50.4 Å². The number of hydrogen-bond donors (Lipinski definition) is 0. The molecule has 0 spiro atoms. The lowest BCUT2D eigenvalue weighted by atomic mass is 9.78. The van der Waals surface area contributed by atoms with Crippen molar-refractivity contribution in [1.82, 2.24) is 9.80 Å². The van der Waals surface area contributed by atoms with E-state index in [1.807, 2.05) is 46.6 Å². The standard InChI is InChI=1S/C23H30N2O2S/c1-18(26)25-11-9-19(10-12-25)23-16-24(15-22-8-5-13-28-22)14-20(23)17-27-21-6-3-2-4-7-21/h2-8,13,19-20,23H,9-12,14-17H2,1H3. The molecule has 1 aromatic carbocycles. The highest BCUT2D eigenvalue weighted by atomic mass is 32.1. The van der Waals surface area contributed by atoms with E-state index in [0.717, 1.165) is 57.9 Å². The lowest BCUT2D eigenvalue weighted by molar-refractivity contribution is -0.130. The summed E-state index contributed by atoms with van der Waals surface area (Å²) in [5.74, 6) is 3.07. The molecule has 4 rings (SSSR count). The largest absolute Gasteiger partial charge is 0.493 e. The minimum atomic E-state index is 0.216. The van der Waals surface area contributed by atoms with Crippen LogP contribution in [0.2, 0.25) is 0 Å². The molecule has 0 aliphatic carbocycles. The zero-order valence-corrected chi connectivity index (χ0v) is 17.4. The highest BCUT2D eigenvalue weighted by molar-refractivity contribution is 7.09. The summed E-state index contributed by atoms with van der Waals surface area (Å²) in [6.45, 7) is 7.58. The van der Waals surface area contributed by atoms with Gasteiger partial charge >= 0.3 is 0 Å². The molecule has 2 aromatic rings. The van der Waals surface area contributed by atoms with Crippen LogP contribution in [0.5, 0.6) is 5.75 Å². The van der Waals surface area contributed by atoms with Crippen LogP contribution in [0, 0.1) is 17.8 Å². The first kappa shape index (κ1) is 19.5. The Bertz CT molecular complexity index is 741. The minimum absolute atomic E-state index is 0.216. The number of thiophene rings is 1. The van der Waals surface area contributed by atoms with Crippen LogP contribution in [0.1, 0.15) is 24.6 Å². The Balaban J connectivity index is 1.40. The molecular weight excluding hydrogens is 368 g/mol. The van der Waals surface area contributed by atoms with E-state index in [-0.39, 0.29) is 5.91 Å². The summed E-state index contributed by atoms with van der Waals surface area (Å²) in [6, 6.07) is 14.5. The average molecular weight is 399 g/mol. The molecule has 150 valence electrons. The number of carbonyl (C=O) groups is 1. The maximum absolute atomic E-state index is 11.7. The van der Waals surface area contributed by atoms with Gasteiger partial charge in [-0.2, -0.15) is 0 Å². The average Bonchev–Trinajstić information content (AvgIpc) is 3.37. The number of piperidine rings is 1. The Morgan fingerprint density at radius 2 is 1.89 bits per heavy atom. The fourth-order valence-electron chi connectivity index (χ4n) is 4.81. The molecule has 2 saturated heterocycles. The summed E-state index contributed by atoms with van der Waals surface area (Å²) in [6.07, 6.45) is 2.25. The first-order valence-electron chi connectivity index (χ1n) is 10.4. The van der Waals surface area contributed by atoms with Gasteiger partial charge in [0.2, 0.25) is 5.91 Å². The maximum atomic E-state index is 11.7. The van der Waals surface area contributed by atoms with Gasteiger partial charge in [-0.1, -0.05) is 24.3 Å². The van der Waals surface area contributed by atoms with Crippen molar-refractivity contribution in [2.45, 2.75) is 26.3 Å². The van der Waals surface area contributed by atoms with Crippen molar-refractivity contribution >= 4 is 17.2 Å². The number of carbonyl (C=O) groups excluding carboxylic acids is 1. The number of para-hydroxylation sites is 1. The van der Waals surface area contributed by atoms with Crippen molar-refractivity contribution in [2.24, 2.45) is 17.8 Å². The molecule has 1 amide bonds. The second-order valence-corrected chi connectivity index (χ2v) is 9.20. The van der Waals surface area contributed by atoms with Crippen LogP contribution < -0.4 is 4.74 Å². The fraction of sp³-hybridized carbons (Fsp3) is 0.522. The molecule has 5 heteroatoms. The van der Waals surface area contributed by atoms with Crippen LogP contribution in [0.15, 0.2) is 47.8 Å². The van der Waals surface area contributed by atoms with Gasteiger partial charge in [-0.15, -0.1) is 11.3 Å². The summed E-state index contributed by atoms with van der Waals surface area (Å²) < 4.78 is 6.17. The van der Waals surface area contributed by atoms with Crippen LogP contribution in [-0.4, -0.2) is 48.5 Å². The molecule has 4 nitrogen and oxygen atoms in total. The van der Waals surface area contributed by atoms with Gasteiger partial charge in [0.25, 0.3) is 0 Å². The van der Waals surface area contributed by atoms with E-state index >= 15 is 0 Å². The Labute approximate surface area is 172 Å². The summed E-state index contributed by atoms with van der Waals surface area (Å²) in [5.41, 5.74) is 0. The van der Waals surface area contributed by atoms with Gasteiger partial charge in [-0.05, 0) is 48.3 Å². The third kappa shape index (κ3) is 4.76. The van der Waals surface area contributed by atoms with Crippen LogP contribution in [0.4, 0.5) is 0 Å². The van der Waals surface area contributed by atoms with Crippen molar-refractivity contribution in [3.63, 3.8) is 0 Å². The monoisotopic (exact) mass is 398 g/mol. The number of amides is 1. The van der Waals surface area contributed by atoms with E-state index in [1.165, 1.54) is 4.88 Å². The first-order valence-corrected chi connectivity index (χ1v) is 11.2. The summed E-state index contributed by atoms with van der Waals surface area (Å²) in [4.78, 5) is 17.7. The minimum Gasteiger partial charge on any atom is -0.493 e. The lowest BCUT2D eigenvalue weighted by Crippen LogP contribution is -2.40. The highest BCUT2D eigenvalue weighted by Gasteiger charge is 2.39. The number of nitrogens with zero attached hydrogens (tertiary/aromatic N) is 2. The van der Waals surface area contributed by atoms with Crippen LogP contribution in [0.25, 0.3) is 0 Å². The third-order valence-electron chi connectivity index (χ3n) is 6.32. The summed E-state index contributed by atoms with van der Waals surface area (Å²) in [5, 5.41) is 2.16. The second kappa shape index (κ2) is 9.10. The second-order valence-electron chi connectivity index (χ2n) is 8.16. The number of ether oxygens (including phenoxy) is 1. The van der Waals surface area contributed by atoms with Crippen molar-refractivity contribution < 1.29 is 9.53 Å². The molecule has 28 heavy (non-hydrogen) atoms. The van der Waals surface area contributed by atoms with Gasteiger partial charge in [-0.3, -0.25) is 9.69 Å². The Hall–Kier alpha value is -1.85. The number of rotatable bonds is 6. The molecule has 1 aromatic heterocycles. The van der Waals surface area contributed by atoms with Crippen molar-refractivity contribution in [1.29, 1.82) is 0 Å². The van der Waals surface area contributed by atoms with E-state index in [0.29, 0.717) is 17.8 Å². The third-order valence-corrected chi connectivity index (χ3v) is 7.19. The van der Waals surface area contributed by atoms with Gasteiger partial charge in [0.1, 0.15) is 5.75 Å². The molecule has 3 heterocycles.